The van der Waals surface area contributed by atoms with Crippen LogP contribution in [0.2, 0.25) is 0 Å². The van der Waals surface area contributed by atoms with Crippen molar-refractivity contribution in [1.29, 1.82) is 0 Å². The normalized spacial score (nSPS) is 17.8. The molecule has 1 amide bonds. The first-order valence-corrected chi connectivity index (χ1v) is 11.8. The highest BCUT2D eigenvalue weighted by Gasteiger charge is 2.43. The zero-order valence-corrected chi connectivity index (χ0v) is 18.9. The number of carbonyl (C=O) groups excluding carboxylic acids is 1. The van der Waals surface area contributed by atoms with Gasteiger partial charge >= 0.3 is 0 Å². The van der Waals surface area contributed by atoms with E-state index in [4.69, 9.17) is 4.99 Å². The molecule has 0 bridgehead atoms. The second kappa shape index (κ2) is 10.1. The molecule has 0 aromatic heterocycles. The Hall–Kier alpha value is -2.67. The summed E-state index contributed by atoms with van der Waals surface area (Å²) in [4.78, 5) is 19.8. The molecule has 0 spiro atoms. The van der Waals surface area contributed by atoms with E-state index in [1.807, 2.05) is 11.8 Å². The Morgan fingerprint density at radius 3 is 2.58 bits per heavy atom. The summed E-state index contributed by atoms with van der Waals surface area (Å²) in [6, 6.07) is 19.0. The number of guanidine groups is 1. The third-order valence-electron chi connectivity index (χ3n) is 5.57. The number of rotatable bonds is 8. The second-order valence-electron chi connectivity index (χ2n) is 8.08. The highest BCUT2D eigenvalue weighted by Crippen LogP contribution is 2.51. The van der Waals surface area contributed by atoms with Gasteiger partial charge in [0.15, 0.2) is 5.96 Å². The number of piperazine rings is 1. The van der Waals surface area contributed by atoms with Crippen LogP contribution in [0.4, 0.5) is 5.69 Å². The molecule has 3 N–H and O–H groups in total. The molecule has 2 aliphatic rings. The molecule has 31 heavy (non-hydrogen) atoms. The van der Waals surface area contributed by atoms with Crippen LogP contribution >= 0.6 is 11.8 Å². The van der Waals surface area contributed by atoms with E-state index in [0.717, 1.165) is 36.8 Å². The summed E-state index contributed by atoms with van der Waals surface area (Å²) in [6.07, 6.45) is 2.46. The van der Waals surface area contributed by atoms with Crippen LogP contribution in [0.15, 0.2) is 64.5 Å². The lowest BCUT2D eigenvalue weighted by Crippen LogP contribution is -2.47. The molecule has 1 heterocycles. The van der Waals surface area contributed by atoms with Crippen LogP contribution in [-0.2, 0) is 11.3 Å². The Morgan fingerprint density at radius 2 is 1.90 bits per heavy atom. The Bertz CT molecular complexity index is 896. The van der Waals surface area contributed by atoms with Crippen molar-refractivity contribution in [1.82, 2.24) is 16.0 Å². The summed E-state index contributed by atoms with van der Waals surface area (Å²) in [5.41, 5.74) is 2.24. The van der Waals surface area contributed by atoms with E-state index in [1.54, 1.807) is 0 Å². The lowest BCUT2D eigenvalue weighted by Gasteiger charge is -2.28. The molecule has 6 nitrogen and oxygen atoms in total. The molecule has 1 saturated heterocycles. The molecule has 7 heteroatoms. The predicted octanol–water partition coefficient (Wildman–Crippen LogP) is 3.00. The van der Waals surface area contributed by atoms with E-state index in [2.05, 4.69) is 82.4 Å². The van der Waals surface area contributed by atoms with Gasteiger partial charge in [0.25, 0.3) is 0 Å². The lowest BCUT2D eigenvalue weighted by molar-refractivity contribution is -0.120. The van der Waals surface area contributed by atoms with Crippen molar-refractivity contribution in [3.05, 3.63) is 60.2 Å². The van der Waals surface area contributed by atoms with Gasteiger partial charge in [-0.2, -0.15) is 0 Å². The first-order chi connectivity index (χ1) is 15.2. The lowest BCUT2D eigenvalue weighted by atomic mass is 10.2. The smallest absolute Gasteiger partial charge is 0.239 e. The molecular formula is C24H31N5OS. The minimum absolute atomic E-state index is 0.0835. The number of aliphatic imine (C=N–C) groups is 1. The monoisotopic (exact) mass is 437 g/mol. The van der Waals surface area contributed by atoms with Gasteiger partial charge in [-0.1, -0.05) is 30.3 Å². The highest BCUT2D eigenvalue weighted by molar-refractivity contribution is 8.01. The number of nitrogens with zero attached hydrogens (tertiary/aromatic N) is 2. The molecule has 0 unspecified atom stereocenters. The van der Waals surface area contributed by atoms with Crippen molar-refractivity contribution in [2.24, 2.45) is 4.99 Å². The summed E-state index contributed by atoms with van der Waals surface area (Å²) in [5.74, 6) is 0.944. The van der Waals surface area contributed by atoms with Crippen LogP contribution in [0.5, 0.6) is 0 Å². The summed E-state index contributed by atoms with van der Waals surface area (Å²) in [5, 5.41) is 9.77. The fourth-order valence-electron chi connectivity index (χ4n) is 3.62. The SMILES string of the molecule is CCNC(=NCc1ccc(N2CCNC(=O)C2)cc1)NCC1(Sc2ccccc2)CC1. The number of benzene rings is 2. The van der Waals surface area contributed by atoms with Crippen LogP contribution in [0.3, 0.4) is 0 Å². The molecule has 0 atom stereocenters. The van der Waals surface area contributed by atoms with Crippen molar-refractivity contribution in [3.63, 3.8) is 0 Å². The minimum atomic E-state index is 0.0835. The van der Waals surface area contributed by atoms with Crippen molar-refractivity contribution >= 4 is 29.3 Å². The summed E-state index contributed by atoms with van der Waals surface area (Å²) < 4.78 is 0.278. The molecule has 1 saturated carbocycles. The summed E-state index contributed by atoms with van der Waals surface area (Å²) in [6.45, 7) is 6.43. The van der Waals surface area contributed by atoms with Crippen LogP contribution in [-0.4, -0.2) is 49.3 Å². The van der Waals surface area contributed by atoms with Gasteiger partial charge in [0, 0.05) is 41.5 Å². The van der Waals surface area contributed by atoms with Crippen LogP contribution in [0.1, 0.15) is 25.3 Å². The third-order valence-corrected chi connectivity index (χ3v) is 7.06. The van der Waals surface area contributed by atoms with E-state index in [-0.39, 0.29) is 10.7 Å². The van der Waals surface area contributed by atoms with Crippen LogP contribution < -0.4 is 20.9 Å². The number of thioether (sulfide) groups is 1. The topological polar surface area (TPSA) is 68.8 Å². The van der Waals surface area contributed by atoms with E-state index >= 15 is 0 Å². The molecule has 1 aliphatic heterocycles. The molecule has 2 aromatic rings. The van der Waals surface area contributed by atoms with Crippen molar-refractivity contribution in [2.75, 3.05) is 37.6 Å². The van der Waals surface area contributed by atoms with E-state index in [1.165, 1.54) is 17.7 Å². The number of carbonyl (C=O) groups is 1. The first-order valence-electron chi connectivity index (χ1n) is 11.0. The van der Waals surface area contributed by atoms with E-state index in [0.29, 0.717) is 19.6 Å². The Labute approximate surface area is 188 Å². The van der Waals surface area contributed by atoms with Crippen LogP contribution in [0, 0.1) is 0 Å². The standard InChI is InChI=1S/C24H31N5OS/c1-2-25-23(28-18-24(12-13-24)31-21-6-4-3-5-7-21)27-16-19-8-10-20(11-9-19)29-15-14-26-22(30)17-29/h3-11H,2,12-18H2,1H3,(H,26,30)(H2,25,27,28). The van der Waals surface area contributed by atoms with Gasteiger partial charge in [-0.3, -0.25) is 4.79 Å². The quantitative estimate of drug-likeness (QED) is 0.438. The van der Waals surface area contributed by atoms with Crippen molar-refractivity contribution < 1.29 is 4.79 Å². The maximum Gasteiger partial charge on any atom is 0.239 e. The molecule has 164 valence electrons. The number of amides is 1. The zero-order valence-electron chi connectivity index (χ0n) is 18.1. The number of anilines is 1. The maximum atomic E-state index is 11.6. The molecule has 0 radical (unpaired) electrons. The molecule has 2 aromatic carbocycles. The van der Waals surface area contributed by atoms with Gasteiger partial charge in [-0.15, -0.1) is 11.8 Å². The van der Waals surface area contributed by atoms with E-state index < -0.39 is 0 Å². The Kier molecular flexibility index (Phi) is 7.02. The number of hydrogen-bond donors (Lipinski definition) is 3. The average molecular weight is 438 g/mol. The minimum Gasteiger partial charge on any atom is -0.360 e. The number of hydrogen-bond acceptors (Lipinski definition) is 4. The second-order valence-corrected chi connectivity index (χ2v) is 9.63. The molecule has 4 rings (SSSR count). The highest BCUT2D eigenvalue weighted by atomic mass is 32.2. The van der Waals surface area contributed by atoms with Gasteiger partial charge in [0.1, 0.15) is 0 Å². The largest absolute Gasteiger partial charge is 0.360 e. The maximum absolute atomic E-state index is 11.6. The third kappa shape index (κ3) is 6.17. The number of nitrogens with one attached hydrogen (secondary N) is 3. The summed E-state index contributed by atoms with van der Waals surface area (Å²) in [7, 11) is 0. The fraction of sp³-hybridized carbons (Fsp3) is 0.417. The Balaban J connectivity index is 1.32. The molecule has 2 fully saturated rings. The fourth-order valence-corrected chi connectivity index (χ4v) is 4.86. The van der Waals surface area contributed by atoms with Crippen molar-refractivity contribution in [3.8, 4) is 0 Å². The first kappa shape index (κ1) is 21.6. The Morgan fingerprint density at radius 1 is 1.13 bits per heavy atom. The van der Waals surface area contributed by atoms with Gasteiger partial charge in [-0.05, 0) is 49.6 Å². The van der Waals surface area contributed by atoms with Gasteiger partial charge in [0.2, 0.25) is 5.91 Å². The zero-order chi connectivity index (χ0) is 21.5. The predicted molar refractivity (Wildman–Crippen MR) is 129 cm³/mol. The van der Waals surface area contributed by atoms with Gasteiger partial charge in [0.05, 0.1) is 13.1 Å². The summed E-state index contributed by atoms with van der Waals surface area (Å²) >= 11 is 1.97. The van der Waals surface area contributed by atoms with Gasteiger partial charge < -0.3 is 20.9 Å². The van der Waals surface area contributed by atoms with Crippen LogP contribution in [0.25, 0.3) is 0 Å². The van der Waals surface area contributed by atoms with Gasteiger partial charge in [-0.25, -0.2) is 4.99 Å². The average Bonchev–Trinajstić information content (AvgIpc) is 3.56. The molecular weight excluding hydrogens is 406 g/mol. The molecule has 1 aliphatic carbocycles. The van der Waals surface area contributed by atoms with E-state index in [9.17, 15) is 4.79 Å². The van der Waals surface area contributed by atoms with Crippen molar-refractivity contribution in [2.45, 2.75) is 36.0 Å².